The highest BCUT2D eigenvalue weighted by molar-refractivity contribution is 6.09. The molecule has 208 valence electrons. The van der Waals surface area contributed by atoms with E-state index in [1.807, 2.05) is 6.92 Å². The lowest BCUT2D eigenvalue weighted by atomic mass is 9.82. The van der Waals surface area contributed by atoms with Crippen molar-refractivity contribution >= 4 is 22.8 Å². The van der Waals surface area contributed by atoms with E-state index in [2.05, 4.69) is 25.6 Å². The first-order valence-corrected chi connectivity index (χ1v) is 13.7. The van der Waals surface area contributed by atoms with Crippen molar-refractivity contribution in [3.63, 3.8) is 0 Å². The maximum Gasteiger partial charge on any atom is 0.255 e. The van der Waals surface area contributed by atoms with Gasteiger partial charge < -0.3 is 25.5 Å². The average molecular weight is 538 g/mol. The van der Waals surface area contributed by atoms with Gasteiger partial charge in [0.1, 0.15) is 35.2 Å². The van der Waals surface area contributed by atoms with Crippen molar-refractivity contribution in [1.82, 2.24) is 25.6 Å². The van der Waals surface area contributed by atoms with Gasteiger partial charge in [-0.2, -0.15) is 0 Å². The van der Waals surface area contributed by atoms with Crippen LogP contribution in [0.2, 0.25) is 0 Å². The highest BCUT2D eigenvalue weighted by Gasteiger charge is 2.32. The molecule has 0 unspecified atom stereocenters. The Labute approximate surface area is 227 Å². The Morgan fingerprint density at radius 3 is 2.64 bits per heavy atom. The molecule has 0 aliphatic heterocycles. The van der Waals surface area contributed by atoms with Crippen LogP contribution in [0.3, 0.4) is 0 Å². The third kappa shape index (κ3) is 5.61. The van der Waals surface area contributed by atoms with E-state index in [1.54, 1.807) is 26.0 Å². The summed E-state index contributed by atoms with van der Waals surface area (Å²) in [5.41, 5.74) is 3.03. The van der Waals surface area contributed by atoms with E-state index in [0.717, 1.165) is 12.8 Å². The van der Waals surface area contributed by atoms with Gasteiger partial charge in [-0.3, -0.25) is 9.59 Å². The Hall–Kier alpha value is -3.53. The topological polar surface area (TPSA) is 129 Å². The van der Waals surface area contributed by atoms with Gasteiger partial charge in [-0.25, -0.2) is 14.4 Å². The van der Waals surface area contributed by atoms with Gasteiger partial charge in [-0.1, -0.05) is 13.0 Å². The maximum atomic E-state index is 15.5. The van der Waals surface area contributed by atoms with Crippen LogP contribution in [0.25, 0.3) is 22.3 Å². The molecule has 5 rings (SSSR count). The van der Waals surface area contributed by atoms with Crippen LogP contribution < -0.4 is 15.4 Å². The number of ether oxygens (including phenoxy) is 1. The molecule has 2 aromatic heterocycles. The first-order valence-electron chi connectivity index (χ1n) is 13.7. The highest BCUT2D eigenvalue weighted by atomic mass is 19.1. The lowest BCUT2D eigenvalue weighted by molar-refractivity contribution is -0.129. The molecule has 0 spiro atoms. The van der Waals surface area contributed by atoms with Crippen molar-refractivity contribution in [2.24, 2.45) is 11.8 Å². The Morgan fingerprint density at radius 1 is 1.18 bits per heavy atom. The average Bonchev–Trinajstić information content (AvgIpc) is 3.65. The van der Waals surface area contributed by atoms with E-state index >= 15 is 4.39 Å². The fraction of sp³-hybridized carbons (Fsp3) is 0.517. The number of amides is 2. The van der Waals surface area contributed by atoms with E-state index in [9.17, 15) is 14.7 Å². The Morgan fingerprint density at radius 2 is 1.95 bits per heavy atom. The molecule has 0 radical (unpaired) electrons. The number of carbonyl (C=O) groups is 2. The first-order chi connectivity index (χ1) is 18.6. The molecule has 9 nitrogen and oxygen atoms in total. The second-order valence-electron chi connectivity index (χ2n) is 11.1. The normalized spacial score (nSPS) is 21.9. The molecular weight excluding hydrogens is 501 g/mol. The molecule has 4 atom stereocenters. The molecule has 2 fully saturated rings. The summed E-state index contributed by atoms with van der Waals surface area (Å²) in [7, 11) is 0. The zero-order valence-corrected chi connectivity index (χ0v) is 22.8. The van der Waals surface area contributed by atoms with Crippen LogP contribution in [0.15, 0.2) is 18.5 Å². The molecule has 3 aromatic rings. The van der Waals surface area contributed by atoms with E-state index in [0.29, 0.717) is 71.1 Å². The zero-order chi connectivity index (χ0) is 27.8. The zero-order valence-electron chi connectivity index (χ0n) is 22.8. The number of nitrogens with one attached hydrogen (secondary N) is 3. The minimum Gasteiger partial charge on any atom is -0.492 e. The first kappa shape index (κ1) is 27.1. The number of fused-ring (bicyclic) bond motifs is 1. The number of H-pyrrole nitrogens is 1. The summed E-state index contributed by atoms with van der Waals surface area (Å²) in [5, 5.41) is 15.5. The summed E-state index contributed by atoms with van der Waals surface area (Å²) >= 11 is 0. The molecule has 2 saturated carbocycles. The molecule has 2 heterocycles. The van der Waals surface area contributed by atoms with Gasteiger partial charge in [0.15, 0.2) is 0 Å². The number of aromatic amines is 1. The van der Waals surface area contributed by atoms with E-state index < -0.39 is 11.9 Å². The van der Waals surface area contributed by atoms with E-state index in [4.69, 9.17) is 4.74 Å². The summed E-state index contributed by atoms with van der Waals surface area (Å²) in [6.07, 6.45) is 4.61. The number of hydrogen-bond donors (Lipinski definition) is 4. The number of halogens is 1. The number of aliphatic hydroxyl groups is 1. The van der Waals surface area contributed by atoms with Crippen molar-refractivity contribution in [3.05, 3.63) is 41.1 Å². The second kappa shape index (κ2) is 10.9. The summed E-state index contributed by atoms with van der Waals surface area (Å²) in [4.78, 5) is 37.5. The number of rotatable bonds is 8. The fourth-order valence-corrected chi connectivity index (χ4v) is 5.39. The Bertz CT molecular complexity index is 1400. The van der Waals surface area contributed by atoms with Gasteiger partial charge >= 0.3 is 0 Å². The number of nitrogens with zero attached hydrogens (tertiary/aromatic N) is 2. The van der Waals surface area contributed by atoms with Crippen LogP contribution in [-0.2, 0) is 4.79 Å². The minimum absolute atomic E-state index is 0.0501. The van der Waals surface area contributed by atoms with E-state index in [1.165, 1.54) is 13.3 Å². The van der Waals surface area contributed by atoms with Gasteiger partial charge in [0.25, 0.3) is 5.91 Å². The predicted octanol–water partition coefficient (Wildman–Crippen LogP) is 3.95. The van der Waals surface area contributed by atoms with Crippen LogP contribution in [0.4, 0.5) is 4.39 Å². The number of aromatic nitrogens is 3. The third-order valence-corrected chi connectivity index (χ3v) is 7.92. The van der Waals surface area contributed by atoms with Gasteiger partial charge in [0, 0.05) is 17.8 Å². The third-order valence-electron chi connectivity index (χ3n) is 7.92. The highest BCUT2D eigenvalue weighted by Crippen LogP contribution is 2.39. The minimum atomic E-state index is -1.06. The standard InChI is InChI=1S/C29H36FN5O4/c1-14-5-10-21(39-12-18-6-7-18)23(24(14)30)26-27-25(31-13-32-26)22(16(3)33-27)29(38)34-19-8-9-20(15(2)11-19)35-28(37)17(4)36/h5,10,13,15,17-20,33,36H,6-9,11-12H2,1-4H3,(H,34,38)(H,35,37)/t15-,17+,19+,20+/m1/s1. The number of carbonyl (C=O) groups excluding carboxylic acids is 2. The maximum absolute atomic E-state index is 15.5. The number of aryl methyl sites for hydroxylation is 2. The fourth-order valence-electron chi connectivity index (χ4n) is 5.39. The summed E-state index contributed by atoms with van der Waals surface area (Å²) in [6, 6.07) is 3.35. The quantitative estimate of drug-likeness (QED) is 0.344. The second-order valence-corrected chi connectivity index (χ2v) is 11.1. The van der Waals surface area contributed by atoms with Crippen molar-refractivity contribution in [2.45, 2.75) is 78.0 Å². The Kier molecular flexibility index (Phi) is 7.57. The molecule has 1 aromatic carbocycles. The molecule has 0 saturated heterocycles. The SMILES string of the molecule is Cc1ccc(OCC2CC2)c(-c2ncnc3c(C(=O)N[C@H]4CC[C@H](NC(=O)[C@H](C)O)[C@H](C)C4)c(C)[nH]c23)c1F. The number of aliphatic hydroxyl groups excluding tert-OH is 1. The summed E-state index contributed by atoms with van der Waals surface area (Å²) < 4.78 is 21.5. The molecule has 2 amide bonds. The van der Waals surface area contributed by atoms with Crippen LogP contribution in [-0.4, -0.2) is 56.7 Å². The van der Waals surface area contributed by atoms with Crippen molar-refractivity contribution < 1.29 is 23.8 Å². The summed E-state index contributed by atoms with van der Waals surface area (Å²) in [5.74, 6) is 0.00472. The largest absolute Gasteiger partial charge is 0.492 e. The molecule has 4 N–H and O–H groups in total. The van der Waals surface area contributed by atoms with Gasteiger partial charge in [-0.15, -0.1) is 0 Å². The van der Waals surface area contributed by atoms with Crippen LogP contribution in [0, 0.1) is 31.5 Å². The smallest absolute Gasteiger partial charge is 0.255 e. The lowest BCUT2D eigenvalue weighted by Crippen LogP contribution is -2.49. The molecule has 10 heteroatoms. The molecule has 2 aliphatic carbocycles. The summed E-state index contributed by atoms with van der Waals surface area (Å²) in [6.45, 7) is 7.50. The molecular formula is C29H36FN5O4. The molecule has 2 aliphatic rings. The van der Waals surface area contributed by atoms with Crippen LogP contribution in [0.1, 0.15) is 67.6 Å². The van der Waals surface area contributed by atoms with Gasteiger partial charge in [0.05, 0.1) is 23.3 Å². The van der Waals surface area contributed by atoms with Gasteiger partial charge in [-0.05, 0) is 76.3 Å². The number of benzene rings is 1. The van der Waals surface area contributed by atoms with Crippen molar-refractivity contribution in [1.29, 1.82) is 0 Å². The Balaban J connectivity index is 1.39. The number of hydrogen-bond acceptors (Lipinski definition) is 6. The lowest BCUT2D eigenvalue weighted by Gasteiger charge is -2.35. The van der Waals surface area contributed by atoms with Crippen molar-refractivity contribution in [2.75, 3.05) is 6.61 Å². The van der Waals surface area contributed by atoms with Crippen LogP contribution in [0.5, 0.6) is 5.75 Å². The molecule has 0 bridgehead atoms. The van der Waals surface area contributed by atoms with Gasteiger partial charge in [0.2, 0.25) is 5.91 Å². The predicted molar refractivity (Wildman–Crippen MR) is 145 cm³/mol. The van der Waals surface area contributed by atoms with Crippen LogP contribution >= 0.6 is 0 Å². The van der Waals surface area contributed by atoms with Crippen molar-refractivity contribution in [3.8, 4) is 17.0 Å². The van der Waals surface area contributed by atoms with E-state index in [-0.39, 0.29) is 35.4 Å². The monoisotopic (exact) mass is 537 g/mol. The molecule has 39 heavy (non-hydrogen) atoms.